The molecule has 2 rings (SSSR count). The molecule has 0 atom stereocenters. The van der Waals surface area contributed by atoms with Crippen LogP contribution in [0.1, 0.15) is 37.7 Å². The first-order valence-electron chi connectivity index (χ1n) is 7.93. The van der Waals surface area contributed by atoms with Gasteiger partial charge in [-0.2, -0.15) is 11.8 Å². The van der Waals surface area contributed by atoms with Gasteiger partial charge in [0.1, 0.15) is 0 Å². The molecule has 1 aromatic rings. The number of amides is 1. The van der Waals surface area contributed by atoms with E-state index in [0.29, 0.717) is 17.2 Å². The molecule has 132 valence electrons. The van der Waals surface area contributed by atoms with Gasteiger partial charge >= 0.3 is 5.97 Å². The van der Waals surface area contributed by atoms with Gasteiger partial charge in [0.05, 0.1) is 6.42 Å². The molecule has 7 heteroatoms. The highest BCUT2D eigenvalue weighted by atomic mass is 32.2. The number of aliphatic carboxylic acids is 1. The first-order valence-corrected chi connectivity index (χ1v) is 9.08. The summed E-state index contributed by atoms with van der Waals surface area (Å²) < 4.78 is 26.3. The standard InChI is InChI=1S/C17H21F2NO3S/c18-17(19)7-4-13(5-8-17)16(23)20-14-3-1-2-12(10-14)11-24-9-6-15(21)22/h1-3,10,13H,4-9,11H2,(H,20,23)(H,21,22). The van der Waals surface area contributed by atoms with Crippen molar-refractivity contribution in [2.75, 3.05) is 11.1 Å². The van der Waals surface area contributed by atoms with Gasteiger partial charge in [0.15, 0.2) is 0 Å². The van der Waals surface area contributed by atoms with E-state index in [1.165, 1.54) is 11.8 Å². The average Bonchev–Trinajstić information content (AvgIpc) is 2.51. The molecule has 0 unspecified atom stereocenters. The molecule has 0 saturated heterocycles. The number of hydrogen-bond acceptors (Lipinski definition) is 3. The van der Waals surface area contributed by atoms with Crippen molar-refractivity contribution in [3.8, 4) is 0 Å². The minimum atomic E-state index is -2.64. The molecule has 0 spiro atoms. The van der Waals surface area contributed by atoms with Gasteiger partial charge < -0.3 is 10.4 Å². The Kier molecular flexibility index (Phi) is 6.60. The maximum atomic E-state index is 13.1. The maximum Gasteiger partial charge on any atom is 0.304 e. The van der Waals surface area contributed by atoms with E-state index in [4.69, 9.17) is 5.11 Å². The number of hydrogen-bond donors (Lipinski definition) is 2. The zero-order valence-corrected chi connectivity index (χ0v) is 14.1. The van der Waals surface area contributed by atoms with Crippen molar-refractivity contribution in [3.63, 3.8) is 0 Å². The van der Waals surface area contributed by atoms with Crippen molar-refractivity contribution in [3.05, 3.63) is 29.8 Å². The number of nitrogens with one attached hydrogen (secondary N) is 1. The van der Waals surface area contributed by atoms with Gasteiger partial charge in [-0.05, 0) is 30.5 Å². The van der Waals surface area contributed by atoms with E-state index in [9.17, 15) is 18.4 Å². The van der Waals surface area contributed by atoms with E-state index < -0.39 is 11.9 Å². The van der Waals surface area contributed by atoms with E-state index in [1.807, 2.05) is 18.2 Å². The highest BCUT2D eigenvalue weighted by Gasteiger charge is 2.37. The average molecular weight is 357 g/mol. The van der Waals surface area contributed by atoms with E-state index >= 15 is 0 Å². The first kappa shape index (κ1) is 18.7. The number of carbonyl (C=O) groups excluding carboxylic acids is 1. The summed E-state index contributed by atoms with van der Waals surface area (Å²) in [5.74, 6) is -2.83. The number of carboxylic acids is 1. The fraction of sp³-hybridized carbons (Fsp3) is 0.529. The Morgan fingerprint density at radius 2 is 2.00 bits per heavy atom. The molecule has 0 aliphatic heterocycles. The first-order chi connectivity index (χ1) is 11.4. The summed E-state index contributed by atoms with van der Waals surface area (Å²) in [6, 6.07) is 7.33. The molecule has 1 aliphatic rings. The highest BCUT2D eigenvalue weighted by Crippen LogP contribution is 2.36. The van der Waals surface area contributed by atoms with Crippen molar-refractivity contribution in [2.45, 2.75) is 43.8 Å². The Hall–Kier alpha value is -1.63. The Morgan fingerprint density at radius 3 is 2.67 bits per heavy atom. The Morgan fingerprint density at radius 1 is 1.29 bits per heavy atom. The van der Waals surface area contributed by atoms with Crippen LogP contribution >= 0.6 is 11.8 Å². The number of benzene rings is 1. The maximum absolute atomic E-state index is 13.1. The Balaban J connectivity index is 1.83. The molecule has 1 amide bonds. The zero-order valence-electron chi connectivity index (χ0n) is 13.3. The third-order valence-electron chi connectivity index (χ3n) is 4.01. The van der Waals surface area contributed by atoms with Crippen LogP contribution in [0.15, 0.2) is 24.3 Å². The van der Waals surface area contributed by atoms with Crippen LogP contribution in [-0.4, -0.2) is 28.7 Å². The lowest BCUT2D eigenvalue weighted by Gasteiger charge is -2.27. The lowest BCUT2D eigenvalue weighted by molar-refractivity contribution is -0.136. The number of thioether (sulfide) groups is 1. The van der Waals surface area contributed by atoms with Crippen LogP contribution in [0.4, 0.5) is 14.5 Å². The molecular formula is C17H21F2NO3S. The molecule has 1 aromatic carbocycles. The Bertz CT molecular complexity index is 585. The van der Waals surface area contributed by atoms with Crippen molar-refractivity contribution < 1.29 is 23.5 Å². The predicted molar refractivity (Wildman–Crippen MR) is 90.4 cm³/mol. The Labute approximate surface area is 144 Å². The monoisotopic (exact) mass is 357 g/mol. The van der Waals surface area contributed by atoms with Crippen LogP contribution in [0.25, 0.3) is 0 Å². The second-order valence-corrected chi connectivity index (χ2v) is 7.12. The quantitative estimate of drug-likeness (QED) is 0.719. The summed E-state index contributed by atoms with van der Waals surface area (Å²) in [6.07, 6.45) is 0.0806. The molecule has 0 radical (unpaired) electrons. The third-order valence-corrected chi connectivity index (χ3v) is 5.04. The largest absolute Gasteiger partial charge is 0.481 e. The molecule has 4 nitrogen and oxygen atoms in total. The summed E-state index contributed by atoms with van der Waals surface area (Å²) >= 11 is 1.51. The number of halogens is 2. The van der Waals surface area contributed by atoms with Gasteiger partial charge in [0, 0.05) is 36.0 Å². The van der Waals surface area contributed by atoms with Gasteiger partial charge in [0.25, 0.3) is 0 Å². The van der Waals surface area contributed by atoms with E-state index in [0.717, 1.165) is 5.56 Å². The van der Waals surface area contributed by atoms with Crippen LogP contribution in [0.2, 0.25) is 0 Å². The number of carboxylic acid groups (broad SMARTS) is 1. The summed E-state index contributed by atoms with van der Waals surface area (Å²) in [7, 11) is 0. The number of carbonyl (C=O) groups is 2. The number of rotatable bonds is 7. The van der Waals surface area contributed by atoms with Gasteiger partial charge in [-0.25, -0.2) is 8.78 Å². The lowest BCUT2D eigenvalue weighted by atomic mass is 9.86. The molecule has 0 bridgehead atoms. The SMILES string of the molecule is O=C(O)CCSCc1cccc(NC(=O)C2CCC(F)(F)CC2)c1. The minimum absolute atomic E-state index is 0.118. The van der Waals surface area contributed by atoms with Gasteiger partial charge in [0.2, 0.25) is 11.8 Å². The molecule has 0 heterocycles. The van der Waals surface area contributed by atoms with Crippen molar-refractivity contribution in [2.24, 2.45) is 5.92 Å². The number of anilines is 1. The van der Waals surface area contributed by atoms with Gasteiger partial charge in [-0.3, -0.25) is 9.59 Å². The van der Waals surface area contributed by atoms with E-state index in [2.05, 4.69) is 5.32 Å². The lowest BCUT2D eigenvalue weighted by Crippen LogP contribution is -2.31. The van der Waals surface area contributed by atoms with Crippen LogP contribution in [0.3, 0.4) is 0 Å². The minimum Gasteiger partial charge on any atom is -0.481 e. The van der Waals surface area contributed by atoms with Crippen molar-refractivity contribution >= 4 is 29.3 Å². The molecular weight excluding hydrogens is 336 g/mol. The van der Waals surface area contributed by atoms with E-state index in [-0.39, 0.29) is 43.9 Å². The number of alkyl halides is 2. The van der Waals surface area contributed by atoms with Gasteiger partial charge in [-0.15, -0.1) is 0 Å². The van der Waals surface area contributed by atoms with Crippen molar-refractivity contribution in [1.29, 1.82) is 0 Å². The van der Waals surface area contributed by atoms with Crippen molar-refractivity contribution in [1.82, 2.24) is 0 Å². The smallest absolute Gasteiger partial charge is 0.304 e. The highest BCUT2D eigenvalue weighted by molar-refractivity contribution is 7.98. The molecule has 1 aliphatic carbocycles. The second-order valence-electron chi connectivity index (χ2n) is 6.02. The molecule has 2 N–H and O–H groups in total. The van der Waals surface area contributed by atoms with Crippen LogP contribution in [-0.2, 0) is 15.3 Å². The van der Waals surface area contributed by atoms with E-state index in [1.54, 1.807) is 6.07 Å². The summed E-state index contributed by atoms with van der Waals surface area (Å²) in [4.78, 5) is 22.7. The fourth-order valence-electron chi connectivity index (χ4n) is 2.64. The molecule has 0 aromatic heterocycles. The third kappa shape index (κ3) is 6.11. The van der Waals surface area contributed by atoms with Crippen LogP contribution in [0.5, 0.6) is 0 Å². The predicted octanol–water partition coefficient (Wildman–Crippen LogP) is 4.16. The van der Waals surface area contributed by atoms with Gasteiger partial charge in [-0.1, -0.05) is 12.1 Å². The zero-order chi connectivity index (χ0) is 17.6. The molecule has 24 heavy (non-hydrogen) atoms. The van der Waals surface area contributed by atoms with Crippen LogP contribution in [0, 0.1) is 5.92 Å². The summed E-state index contributed by atoms with van der Waals surface area (Å²) in [6.45, 7) is 0. The van der Waals surface area contributed by atoms with Crippen LogP contribution < -0.4 is 5.32 Å². The summed E-state index contributed by atoms with van der Waals surface area (Å²) in [5, 5.41) is 11.4. The topological polar surface area (TPSA) is 66.4 Å². The fourth-order valence-corrected chi connectivity index (χ4v) is 3.51. The molecule has 1 saturated carbocycles. The normalized spacial score (nSPS) is 17.4. The molecule has 1 fully saturated rings. The summed E-state index contributed by atoms with van der Waals surface area (Å²) in [5.41, 5.74) is 1.63. The second kappa shape index (κ2) is 8.46.